The number of urea groups is 1. The molecule has 7 heteroatoms. The minimum Gasteiger partial charge on any atom is -0.497 e. The van der Waals surface area contributed by atoms with Crippen LogP contribution in [-0.4, -0.2) is 31.1 Å². The first kappa shape index (κ1) is 20.1. The third-order valence-electron chi connectivity index (χ3n) is 4.34. The molecule has 0 unspecified atom stereocenters. The first-order valence-electron chi connectivity index (χ1n) is 9.13. The van der Waals surface area contributed by atoms with Crippen LogP contribution in [0.1, 0.15) is 25.0 Å². The molecule has 1 N–H and O–H groups in total. The summed E-state index contributed by atoms with van der Waals surface area (Å²) in [5.74, 6) is -0.402. The van der Waals surface area contributed by atoms with Gasteiger partial charge in [0.15, 0.2) is 0 Å². The van der Waals surface area contributed by atoms with E-state index < -0.39 is 17.8 Å². The van der Waals surface area contributed by atoms with Gasteiger partial charge in [0.2, 0.25) is 0 Å². The number of aryl methyl sites for hydroxylation is 1. The molecule has 0 aromatic heterocycles. The molecule has 0 saturated carbocycles. The quantitative estimate of drug-likeness (QED) is 0.620. The Hall–Kier alpha value is -3.61. The molecule has 0 atom stereocenters. The number of hydrogen-bond acceptors (Lipinski definition) is 5. The fourth-order valence-electron chi connectivity index (χ4n) is 2.96. The van der Waals surface area contributed by atoms with E-state index in [9.17, 15) is 14.4 Å². The molecular weight excluding hydrogens is 372 g/mol. The fraction of sp³-hybridized carbons (Fsp3) is 0.227. The van der Waals surface area contributed by atoms with Crippen molar-refractivity contribution in [3.63, 3.8) is 0 Å². The van der Waals surface area contributed by atoms with Crippen molar-refractivity contribution < 1.29 is 23.9 Å². The van der Waals surface area contributed by atoms with Gasteiger partial charge >= 0.3 is 6.03 Å². The average Bonchev–Trinajstić information content (AvgIpc) is 2.67. The summed E-state index contributed by atoms with van der Waals surface area (Å²) in [5, 5.41) is 2.23. The third-order valence-corrected chi connectivity index (χ3v) is 4.34. The molecule has 2 aromatic rings. The topological polar surface area (TPSA) is 84.9 Å². The van der Waals surface area contributed by atoms with Gasteiger partial charge in [-0.05, 0) is 50.6 Å². The highest BCUT2D eigenvalue weighted by Gasteiger charge is 2.37. The van der Waals surface area contributed by atoms with Gasteiger partial charge in [0.25, 0.3) is 11.8 Å². The van der Waals surface area contributed by atoms with Gasteiger partial charge in [-0.2, -0.15) is 0 Å². The molecule has 29 heavy (non-hydrogen) atoms. The highest BCUT2D eigenvalue weighted by Crippen LogP contribution is 2.30. The summed E-state index contributed by atoms with van der Waals surface area (Å²) < 4.78 is 11.0. The van der Waals surface area contributed by atoms with Gasteiger partial charge in [-0.15, -0.1) is 0 Å². The summed E-state index contributed by atoms with van der Waals surface area (Å²) in [6, 6.07) is 11.3. The fourth-order valence-corrected chi connectivity index (χ4v) is 2.96. The molecule has 4 amide bonds. The van der Waals surface area contributed by atoms with E-state index >= 15 is 0 Å². The van der Waals surface area contributed by atoms with Gasteiger partial charge in [0, 0.05) is 11.6 Å². The lowest BCUT2D eigenvalue weighted by Gasteiger charge is -2.27. The van der Waals surface area contributed by atoms with Gasteiger partial charge in [0.05, 0.1) is 18.9 Å². The van der Waals surface area contributed by atoms with Crippen LogP contribution in [-0.2, 0) is 9.59 Å². The largest absolute Gasteiger partial charge is 0.497 e. The van der Waals surface area contributed by atoms with E-state index in [1.165, 1.54) is 13.2 Å². The van der Waals surface area contributed by atoms with E-state index in [4.69, 9.17) is 9.47 Å². The van der Waals surface area contributed by atoms with Crippen molar-refractivity contribution in [1.29, 1.82) is 0 Å². The number of nitrogens with one attached hydrogen (secondary N) is 1. The first-order valence-corrected chi connectivity index (χ1v) is 9.13. The molecule has 150 valence electrons. The average molecular weight is 394 g/mol. The second kappa shape index (κ2) is 8.18. The summed E-state index contributed by atoms with van der Waals surface area (Å²) in [6.45, 7) is 5.52. The summed E-state index contributed by atoms with van der Waals surface area (Å²) in [4.78, 5) is 38.8. The number of rotatable bonds is 5. The highest BCUT2D eigenvalue weighted by atomic mass is 16.5. The Morgan fingerprint density at radius 3 is 2.45 bits per heavy atom. The van der Waals surface area contributed by atoms with Crippen molar-refractivity contribution in [2.24, 2.45) is 0 Å². The number of amides is 4. The Morgan fingerprint density at radius 1 is 1.07 bits per heavy atom. The number of carbonyl (C=O) groups is 3. The Bertz CT molecular complexity index is 1010. The molecule has 2 aromatic carbocycles. The predicted molar refractivity (Wildman–Crippen MR) is 109 cm³/mol. The normalized spacial score (nSPS) is 15.7. The third kappa shape index (κ3) is 4.13. The zero-order valence-corrected chi connectivity index (χ0v) is 16.7. The smallest absolute Gasteiger partial charge is 0.335 e. The van der Waals surface area contributed by atoms with Crippen LogP contribution >= 0.6 is 0 Å². The van der Waals surface area contributed by atoms with E-state index in [1.807, 2.05) is 13.8 Å². The monoisotopic (exact) mass is 394 g/mol. The molecule has 0 bridgehead atoms. The minimum atomic E-state index is -0.778. The summed E-state index contributed by atoms with van der Waals surface area (Å²) in [7, 11) is 1.54. The lowest BCUT2D eigenvalue weighted by molar-refractivity contribution is -0.122. The standard InChI is InChI=1S/C22H22N2O5/c1-13(2)29-19-12-16(28-4)10-9-15(19)11-17-20(25)23-22(27)24(21(17)26)18-8-6-5-7-14(18)3/h5-13H,1-4H3,(H,23,25,27)/b17-11+. The van der Waals surface area contributed by atoms with E-state index in [2.05, 4.69) is 5.32 Å². The molecule has 3 rings (SSSR count). The van der Waals surface area contributed by atoms with Crippen molar-refractivity contribution in [2.75, 3.05) is 12.0 Å². The Labute approximate surface area is 168 Å². The Kier molecular flexibility index (Phi) is 5.68. The molecule has 1 heterocycles. The molecule has 1 aliphatic rings. The molecule has 1 aliphatic heterocycles. The number of methoxy groups -OCH3 is 1. The number of para-hydroxylation sites is 1. The van der Waals surface area contributed by atoms with Gasteiger partial charge in [-0.1, -0.05) is 18.2 Å². The number of hydrogen-bond donors (Lipinski definition) is 1. The van der Waals surface area contributed by atoms with Crippen LogP contribution in [0.15, 0.2) is 48.0 Å². The minimum absolute atomic E-state index is 0.125. The lowest BCUT2D eigenvalue weighted by Crippen LogP contribution is -2.54. The molecule has 0 aliphatic carbocycles. The predicted octanol–water partition coefficient (Wildman–Crippen LogP) is 3.46. The zero-order chi connectivity index (χ0) is 21.1. The first-order chi connectivity index (χ1) is 13.8. The van der Waals surface area contributed by atoms with Crippen molar-refractivity contribution in [1.82, 2.24) is 5.32 Å². The number of benzene rings is 2. The number of nitrogens with zero attached hydrogens (tertiary/aromatic N) is 1. The second-order valence-corrected chi connectivity index (χ2v) is 6.81. The SMILES string of the molecule is COc1ccc(/C=C2\C(=O)NC(=O)N(c3ccccc3C)C2=O)c(OC(C)C)c1. The van der Waals surface area contributed by atoms with E-state index in [0.717, 1.165) is 10.5 Å². The maximum atomic E-state index is 13.1. The van der Waals surface area contributed by atoms with Crippen LogP contribution in [0.25, 0.3) is 6.08 Å². The highest BCUT2D eigenvalue weighted by molar-refractivity contribution is 6.39. The zero-order valence-electron chi connectivity index (χ0n) is 16.7. The van der Waals surface area contributed by atoms with Crippen LogP contribution in [0.2, 0.25) is 0 Å². The van der Waals surface area contributed by atoms with Crippen LogP contribution in [0.5, 0.6) is 11.5 Å². The molecule has 0 spiro atoms. The number of anilines is 1. The van der Waals surface area contributed by atoms with Crippen LogP contribution in [0.3, 0.4) is 0 Å². The van der Waals surface area contributed by atoms with Gasteiger partial charge in [-0.3, -0.25) is 14.9 Å². The van der Waals surface area contributed by atoms with Crippen molar-refractivity contribution >= 4 is 29.6 Å². The van der Waals surface area contributed by atoms with Gasteiger partial charge in [0.1, 0.15) is 17.1 Å². The van der Waals surface area contributed by atoms with Crippen LogP contribution < -0.4 is 19.7 Å². The summed E-state index contributed by atoms with van der Waals surface area (Å²) >= 11 is 0. The maximum Gasteiger partial charge on any atom is 0.335 e. The number of imide groups is 2. The molecule has 1 fully saturated rings. The Morgan fingerprint density at radius 2 is 1.79 bits per heavy atom. The Balaban J connectivity index is 2.06. The number of carbonyl (C=O) groups excluding carboxylic acids is 3. The summed E-state index contributed by atoms with van der Waals surface area (Å²) in [5.41, 5.74) is 1.52. The van der Waals surface area contributed by atoms with Crippen molar-refractivity contribution in [2.45, 2.75) is 26.9 Å². The van der Waals surface area contributed by atoms with Gasteiger partial charge < -0.3 is 9.47 Å². The van der Waals surface area contributed by atoms with Crippen LogP contribution in [0.4, 0.5) is 10.5 Å². The van der Waals surface area contributed by atoms with Gasteiger partial charge in [-0.25, -0.2) is 9.69 Å². The maximum absolute atomic E-state index is 13.1. The van der Waals surface area contributed by atoms with E-state index in [-0.39, 0.29) is 11.7 Å². The molecule has 7 nitrogen and oxygen atoms in total. The van der Waals surface area contributed by atoms with E-state index in [1.54, 1.807) is 49.4 Å². The van der Waals surface area contributed by atoms with Crippen molar-refractivity contribution in [3.05, 3.63) is 59.2 Å². The van der Waals surface area contributed by atoms with Crippen LogP contribution in [0, 0.1) is 6.92 Å². The summed E-state index contributed by atoms with van der Waals surface area (Å²) in [6.07, 6.45) is 1.30. The molecular formula is C22H22N2O5. The number of barbiturate groups is 1. The second-order valence-electron chi connectivity index (χ2n) is 6.81. The van der Waals surface area contributed by atoms with Crippen molar-refractivity contribution in [3.8, 4) is 11.5 Å². The lowest BCUT2D eigenvalue weighted by atomic mass is 10.0. The molecule has 0 radical (unpaired) electrons. The molecule has 1 saturated heterocycles. The number of ether oxygens (including phenoxy) is 2. The van der Waals surface area contributed by atoms with E-state index in [0.29, 0.717) is 22.7 Å².